The molecule has 0 bridgehead atoms. The van der Waals surface area contributed by atoms with Crippen molar-refractivity contribution in [2.24, 2.45) is 0 Å². The number of esters is 1. The number of carbonyl (C=O) groups excluding carboxylic acids is 1. The Morgan fingerprint density at radius 2 is 2.05 bits per heavy atom. The highest BCUT2D eigenvalue weighted by atomic mass is 35.5. The van der Waals surface area contributed by atoms with E-state index in [9.17, 15) is 4.79 Å². The van der Waals surface area contributed by atoms with Crippen LogP contribution in [0.15, 0.2) is 24.3 Å². The topological polar surface area (TPSA) is 44.1 Å². The van der Waals surface area contributed by atoms with Crippen LogP contribution in [0.25, 0.3) is 0 Å². The van der Waals surface area contributed by atoms with Crippen LogP contribution in [0.2, 0.25) is 10.0 Å². The molecule has 0 N–H and O–H groups in total. The van der Waals surface area contributed by atoms with Crippen molar-refractivity contribution in [3.8, 4) is 5.88 Å². The van der Waals surface area contributed by atoms with Crippen LogP contribution in [0.1, 0.15) is 24.6 Å². The molecule has 0 aliphatic rings. The second-order valence-electron chi connectivity index (χ2n) is 4.36. The van der Waals surface area contributed by atoms with Gasteiger partial charge in [-0.25, -0.2) is 4.68 Å². The summed E-state index contributed by atoms with van der Waals surface area (Å²) in [5.41, 5.74) is 1.71. The Morgan fingerprint density at radius 1 is 1.30 bits per heavy atom. The van der Waals surface area contributed by atoms with Crippen molar-refractivity contribution in [3.63, 3.8) is 0 Å². The summed E-state index contributed by atoms with van der Waals surface area (Å²) in [4.78, 5) is 11.4. The Kier molecular flexibility index (Phi) is 4.68. The number of hydrogen-bond acceptors (Lipinski definition) is 3. The third-order valence-electron chi connectivity index (χ3n) is 2.69. The van der Waals surface area contributed by atoms with E-state index in [1.165, 1.54) is 0 Å². The molecule has 2 aromatic rings. The Bertz CT molecular complexity index is 638. The first-order valence-corrected chi connectivity index (χ1v) is 6.94. The lowest BCUT2D eigenvalue weighted by Crippen LogP contribution is -2.11. The lowest BCUT2D eigenvalue weighted by molar-refractivity contribution is -0.134. The predicted octanol–water partition coefficient (Wildman–Crippen LogP) is 3.86. The normalized spacial score (nSPS) is 10.6. The van der Waals surface area contributed by atoms with Gasteiger partial charge in [-0.2, -0.15) is 5.10 Å². The number of benzene rings is 1. The van der Waals surface area contributed by atoms with Crippen LogP contribution >= 0.6 is 23.2 Å². The molecule has 0 radical (unpaired) electrons. The quantitative estimate of drug-likeness (QED) is 0.805. The van der Waals surface area contributed by atoms with Crippen molar-refractivity contribution < 1.29 is 9.53 Å². The molecule has 0 saturated carbocycles. The average Bonchev–Trinajstić information content (AvgIpc) is 2.73. The molecule has 0 unspecified atom stereocenters. The maximum Gasteiger partial charge on any atom is 0.312 e. The number of nitrogens with zero attached hydrogens (tertiary/aromatic N) is 2. The van der Waals surface area contributed by atoms with Gasteiger partial charge in [-0.15, -0.1) is 0 Å². The van der Waals surface area contributed by atoms with E-state index in [0.29, 0.717) is 28.9 Å². The zero-order chi connectivity index (χ0) is 14.7. The SMILES string of the molecule is CCC(=O)Oc1cc(C)nn1Cc1ccc(Cl)c(Cl)c1. The molecular formula is C14H14Cl2N2O2. The third-order valence-corrected chi connectivity index (χ3v) is 3.43. The van der Waals surface area contributed by atoms with Crippen molar-refractivity contribution in [2.45, 2.75) is 26.8 Å². The number of hydrogen-bond donors (Lipinski definition) is 0. The number of ether oxygens (including phenoxy) is 1. The zero-order valence-electron chi connectivity index (χ0n) is 11.2. The molecule has 106 valence electrons. The monoisotopic (exact) mass is 312 g/mol. The predicted molar refractivity (Wildman–Crippen MR) is 78.5 cm³/mol. The molecule has 2 rings (SSSR count). The van der Waals surface area contributed by atoms with Gasteiger partial charge in [0.25, 0.3) is 0 Å². The molecular weight excluding hydrogens is 299 g/mol. The van der Waals surface area contributed by atoms with Crippen molar-refractivity contribution in [1.29, 1.82) is 0 Å². The maximum atomic E-state index is 11.4. The van der Waals surface area contributed by atoms with Crippen LogP contribution < -0.4 is 4.74 Å². The molecule has 1 aromatic heterocycles. The van der Waals surface area contributed by atoms with Crippen LogP contribution in [-0.4, -0.2) is 15.7 Å². The lowest BCUT2D eigenvalue weighted by Gasteiger charge is -2.08. The van der Waals surface area contributed by atoms with Gasteiger partial charge in [0.2, 0.25) is 5.88 Å². The van der Waals surface area contributed by atoms with E-state index in [1.807, 2.05) is 13.0 Å². The summed E-state index contributed by atoms with van der Waals surface area (Å²) < 4.78 is 6.87. The highest BCUT2D eigenvalue weighted by Gasteiger charge is 2.11. The first-order valence-electron chi connectivity index (χ1n) is 6.18. The molecule has 4 nitrogen and oxygen atoms in total. The van der Waals surface area contributed by atoms with Gasteiger partial charge in [0.1, 0.15) is 0 Å². The minimum atomic E-state index is -0.291. The van der Waals surface area contributed by atoms with Gasteiger partial charge in [0, 0.05) is 12.5 Å². The summed E-state index contributed by atoms with van der Waals surface area (Å²) in [6.07, 6.45) is 0.316. The van der Waals surface area contributed by atoms with Crippen LogP contribution in [0, 0.1) is 6.92 Å². The summed E-state index contributed by atoms with van der Waals surface area (Å²) in [6, 6.07) is 7.08. The number of aromatic nitrogens is 2. The zero-order valence-corrected chi connectivity index (χ0v) is 12.7. The Hall–Kier alpha value is -1.52. The molecule has 1 heterocycles. The fourth-order valence-corrected chi connectivity index (χ4v) is 2.04. The average molecular weight is 313 g/mol. The van der Waals surface area contributed by atoms with Crippen LogP contribution in [0.3, 0.4) is 0 Å². The van der Waals surface area contributed by atoms with Crippen molar-refractivity contribution in [3.05, 3.63) is 45.6 Å². The van der Waals surface area contributed by atoms with Gasteiger partial charge in [-0.05, 0) is 24.6 Å². The standard InChI is InChI=1S/C14H14Cl2N2O2/c1-3-14(19)20-13-6-9(2)17-18(13)8-10-4-5-11(15)12(16)7-10/h4-7H,3,8H2,1-2H3. The van der Waals surface area contributed by atoms with Gasteiger partial charge in [-0.1, -0.05) is 36.2 Å². The summed E-state index contributed by atoms with van der Waals surface area (Å²) in [5.74, 6) is 0.140. The lowest BCUT2D eigenvalue weighted by atomic mass is 10.2. The first-order chi connectivity index (χ1) is 9.49. The van der Waals surface area contributed by atoms with Gasteiger partial charge in [-0.3, -0.25) is 4.79 Å². The van der Waals surface area contributed by atoms with E-state index >= 15 is 0 Å². The smallest absolute Gasteiger partial charge is 0.312 e. The number of aryl methyl sites for hydroxylation is 1. The third kappa shape index (κ3) is 3.52. The largest absolute Gasteiger partial charge is 0.408 e. The van der Waals surface area contributed by atoms with Crippen molar-refractivity contribution >= 4 is 29.2 Å². The molecule has 6 heteroatoms. The van der Waals surface area contributed by atoms with Crippen LogP contribution in [-0.2, 0) is 11.3 Å². The van der Waals surface area contributed by atoms with Gasteiger partial charge in [0.05, 0.1) is 22.3 Å². The minimum absolute atomic E-state index is 0.291. The Morgan fingerprint density at radius 3 is 2.70 bits per heavy atom. The van der Waals surface area contributed by atoms with Crippen LogP contribution in [0.5, 0.6) is 5.88 Å². The molecule has 0 spiro atoms. The van der Waals surface area contributed by atoms with Crippen LogP contribution in [0.4, 0.5) is 0 Å². The van der Waals surface area contributed by atoms with E-state index < -0.39 is 0 Å². The molecule has 0 atom stereocenters. The molecule has 1 aromatic carbocycles. The second kappa shape index (κ2) is 6.29. The molecule has 0 amide bonds. The van der Waals surface area contributed by atoms with Crippen molar-refractivity contribution in [2.75, 3.05) is 0 Å². The molecule has 20 heavy (non-hydrogen) atoms. The van der Waals surface area contributed by atoms with E-state index in [0.717, 1.165) is 11.3 Å². The number of carbonyl (C=O) groups is 1. The van der Waals surface area contributed by atoms with E-state index in [4.69, 9.17) is 27.9 Å². The first kappa shape index (κ1) is 14.9. The Balaban J connectivity index is 2.24. The highest BCUT2D eigenvalue weighted by Crippen LogP contribution is 2.24. The second-order valence-corrected chi connectivity index (χ2v) is 5.17. The highest BCUT2D eigenvalue weighted by molar-refractivity contribution is 6.42. The summed E-state index contributed by atoms with van der Waals surface area (Å²) in [7, 11) is 0. The fourth-order valence-electron chi connectivity index (χ4n) is 1.72. The minimum Gasteiger partial charge on any atom is -0.408 e. The van der Waals surface area contributed by atoms with Gasteiger partial charge < -0.3 is 4.74 Å². The molecule has 0 saturated heterocycles. The molecule has 0 fully saturated rings. The maximum absolute atomic E-state index is 11.4. The van der Waals surface area contributed by atoms with Gasteiger partial charge in [0.15, 0.2) is 0 Å². The summed E-state index contributed by atoms with van der Waals surface area (Å²) in [5, 5.41) is 5.30. The van der Waals surface area contributed by atoms with E-state index in [2.05, 4.69) is 5.10 Å². The number of halogens is 2. The summed E-state index contributed by atoms with van der Waals surface area (Å²) >= 11 is 11.9. The molecule has 0 aliphatic heterocycles. The van der Waals surface area contributed by atoms with Crippen molar-refractivity contribution in [1.82, 2.24) is 9.78 Å². The Labute approximate surface area is 127 Å². The summed E-state index contributed by atoms with van der Waals surface area (Å²) in [6.45, 7) is 4.04. The fraction of sp³-hybridized carbons (Fsp3) is 0.286. The van der Waals surface area contributed by atoms with E-state index in [-0.39, 0.29) is 5.97 Å². The van der Waals surface area contributed by atoms with Gasteiger partial charge >= 0.3 is 5.97 Å². The number of rotatable bonds is 4. The molecule has 0 aliphatic carbocycles. The van der Waals surface area contributed by atoms with E-state index in [1.54, 1.807) is 29.8 Å².